The molecule has 0 aromatic heterocycles. The Morgan fingerprint density at radius 3 is 2.57 bits per heavy atom. The van der Waals surface area contributed by atoms with Crippen molar-refractivity contribution in [3.63, 3.8) is 0 Å². The van der Waals surface area contributed by atoms with E-state index in [4.69, 9.17) is 4.43 Å². The van der Waals surface area contributed by atoms with Gasteiger partial charge in [0, 0.05) is 23.4 Å². The minimum absolute atomic E-state index is 0.0176. The molecule has 11 heteroatoms. The van der Waals surface area contributed by atoms with Crippen LogP contribution in [0.3, 0.4) is 0 Å². The first-order chi connectivity index (χ1) is 16.4. The van der Waals surface area contributed by atoms with Gasteiger partial charge >= 0.3 is 5.97 Å². The summed E-state index contributed by atoms with van der Waals surface area (Å²) in [6, 6.07) is 4.01. The van der Waals surface area contributed by atoms with Crippen molar-refractivity contribution in [2.24, 2.45) is 10.4 Å². The molecule has 0 saturated heterocycles. The Hall–Kier alpha value is -1.82. The summed E-state index contributed by atoms with van der Waals surface area (Å²) < 4.78 is 6.25. The van der Waals surface area contributed by atoms with Crippen LogP contribution in [0.5, 0.6) is 0 Å². The number of carboxylic acid groups (broad SMARTS) is 1. The lowest BCUT2D eigenvalue weighted by atomic mass is 9.86. The quantitative estimate of drug-likeness (QED) is 0.116. The number of nitro benzene ring substituents is 1. The van der Waals surface area contributed by atoms with E-state index >= 15 is 0 Å². The van der Waals surface area contributed by atoms with Gasteiger partial charge in [-0.25, -0.2) is 9.79 Å². The van der Waals surface area contributed by atoms with Crippen LogP contribution in [0.2, 0.25) is 13.1 Å². The van der Waals surface area contributed by atoms with Gasteiger partial charge in [0.1, 0.15) is 6.04 Å². The number of rotatable bonds is 11. The van der Waals surface area contributed by atoms with Crippen LogP contribution in [0.15, 0.2) is 39.4 Å². The molecule has 1 heterocycles. The Balaban J connectivity index is 2.27. The molecule has 1 aromatic carbocycles. The highest BCUT2D eigenvalue weighted by atomic mass is 32.2. The maximum atomic E-state index is 12.1. The Labute approximate surface area is 218 Å². The second-order valence-corrected chi connectivity index (χ2v) is 14.1. The van der Waals surface area contributed by atoms with Gasteiger partial charge in [0.25, 0.3) is 5.69 Å². The van der Waals surface area contributed by atoms with E-state index in [1.807, 2.05) is 6.26 Å². The molecule has 0 saturated carbocycles. The number of carbonyl (C=O) groups is 1. The third-order valence-electron chi connectivity index (χ3n) is 5.67. The molecule has 2 atom stereocenters. The molecule has 0 bridgehead atoms. The SMILES string of the molecule is CSC1=NC(c2cccc([N+](=O)[O-])c2SCCCCC(O[SiH](C)C)C(C)(C)C)C(C(=O)O)=C(C)N1. The molecule has 35 heavy (non-hydrogen) atoms. The summed E-state index contributed by atoms with van der Waals surface area (Å²) in [7, 11) is -1.16. The molecule has 8 nitrogen and oxygen atoms in total. The van der Waals surface area contributed by atoms with Crippen LogP contribution in [-0.2, 0) is 9.22 Å². The fourth-order valence-electron chi connectivity index (χ4n) is 3.95. The van der Waals surface area contributed by atoms with E-state index in [2.05, 4.69) is 44.2 Å². The maximum absolute atomic E-state index is 12.1. The van der Waals surface area contributed by atoms with Gasteiger partial charge in [0.15, 0.2) is 14.2 Å². The summed E-state index contributed by atoms with van der Waals surface area (Å²) in [4.78, 5) is 28.6. The first kappa shape index (κ1) is 29.4. The third-order valence-corrected chi connectivity index (χ3v) is 8.36. The fraction of sp³-hybridized carbons (Fsp3) is 0.583. The molecular weight excluding hydrogens is 503 g/mol. The van der Waals surface area contributed by atoms with Gasteiger partial charge < -0.3 is 14.8 Å². The number of aliphatic carboxylic acids is 1. The Kier molecular flexibility index (Phi) is 10.9. The molecule has 0 aliphatic carbocycles. The van der Waals surface area contributed by atoms with Crippen LogP contribution in [-0.4, -0.2) is 48.3 Å². The number of unbranched alkanes of at least 4 members (excludes halogenated alkanes) is 1. The van der Waals surface area contributed by atoms with Gasteiger partial charge in [-0.3, -0.25) is 10.1 Å². The van der Waals surface area contributed by atoms with Crippen LogP contribution in [0.4, 0.5) is 5.69 Å². The number of hydrogen-bond acceptors (Lipinski definition) is 8. The van der Waals surface area contributed by atoms with Crippen LogP contribution in [0.25, 0.3) is 0 Å². The standard InChI is InChI=1S/C24H37N3O5S2Si/c1-15-19(22(28)29)20(26-23(25-15)33-5)16-11-10-12-17(27(30)31)21(16)34-14-9-8-13-18(24(2,3)4)32-35(6)7/h10-12,18,20,35H,8-9,13-14H2,1-7H3,(H,25,26)(H,28,29). The van der Waals surface area contributed by atoms with Crippen LogP contribution >= 0.6 is 23.5 Å². The van der Waals surface area contributed by atoms with E-state index in [-0.39, 0.29) is 22.8 Å². The Morgan fingerprint density at radius 1 is 1.34 bits per heavy atom. The van der Waals surface area contributed by atoms with Gasteiger partial charge in [-0.1, -0.05) is 51.1 Å². The molecule has 2 N–H and O–H groups in total. The number of nitrogens with zero attached hydrogens (tertiary/aromatic N) is 2. The van der Waals surface area contributed by atoms with Gasteiger partial charge in [0.2, 0.25) is 0 Å². The average Bonchev–Trinajstić information content (AvgIpc) is 2.75. The molecule has 194 valence electrons. The van der Waals surface area contributed by atoms with E-state index in [0.29, 0.717) is 27.1 Å². The van der Waals surface area contributed by atoms with E-state index < -0.39 is 26.0 Å². The Morgan fingerprint density at radius 2 is 2.03 bits per heavy atom. The summed E-state index contributed by atoms with van der Waals surface area (Å²) in [6.07, 6.45) is 4.81. The molecule has 1 aliphatic heterocycles. The van der Waals surface area contributed by atoms with Crippen LogP contribution < -0.4 is 5.32 Å². The van der Waals surface area contributed by atoms with Gasteiger partial charge in [0.05, 0.1) is 15.4 Å². The zero-order chi connectivity index (χ0) is 26.3. The van der Waals surface area contributed by atoms with E-state index in [1.165, 1.54) is 29.6 Å². The van der Waals surface area contributed by atoms with Gasteiger partial charge in [-0.15, -0.1) is 11.8 Å². The number of allylic oxidation sites excluding steroid dienone is 1. The summed E-state index contributed by atoms with van der Waals surface area (Å²) >= 11 is 2.78. The average molecular weight is 540 g/mol. The first-order valence-electron chi connectivity index (χ1n) is 11.7. The second kappa shape index (κ2) is 12.9. The molecule has 0 amide bonds. The van der Waals surface area contributed by atoms with E-state index in [1.54, 1.807) is 19.1 Å². The second-order valence-electron chi connectivity index (χ2n) is 9.85. The zero-order valence-corrected chi connectivity index (χ0v) is 24.4. The van der Waals surface area contributed by atoms with Crippen molar-refractivity contribution in [2.75, 3.05) is 12.0 Å². The highest BCUT2D eigenvalue weighted by Crippen LogP contribution is 2.42. The monoisotopic (exact) mass is 539 g/mol. The summed E-state index contributed by atoms with van der Waals surface area (Å²) in [5.74, 6) is -0.406. The van der Waals surface area contributed by atoms with Crippen molar-refractivity contribution >= 4 is 49.4 Å². The maximum Gasteiger partial charge on any atom is 0.335 e. The number of aliphatic imine (C=N–C) groups is 1. The van der Waals surface area contributed by atoms with Crippen LogP contribution in [0.1, 0.15) is 58.6 Å². The van der Waals surface area contributed by atoms with Crippen molar-refractivity contribution < 1.29 is 19.3 Å². The van der Waals surface area contributed by atoms with Gasteiger partial charge in [-0.2, -0.15) is 0 Å². The summed E-state index contributed by atoms with van der Waals surface area (Å²) in [5.41, 5.74) is 1.20. The van der Waals surface area contributed by atoms with E-state index in [9.17, 15) is 20.0 Å². The van der Waals surface area contributed by atoms with Crippen molar-refractivity contribution in [1.29, 1.82) is 0 Å². The number of benzene rings is 1. The zero-order valence-electron chi connectivity index (χ0n) is 21.6. The molecule has 0 radical (unpaired) electrons. The normalized spacial score (nSPS) is 17.3. The van der Waals surface area contributed by atoms with Crippen molar-refractivity contribution in [1.82, 2.24) is 5.32 Å². The Bertz CT molecular complexity index is 992. The highest BCUT2D eigenvalue weighted by Gasteiger charge is 2.33. The lowest BCUT2D eigenvalue weighted by molar-refractivity contribution is -0.387. The molecule has 0 fully saturated rings. The number of amidine groups is 1. The number of carboxylic acids is 1. The van der Waals surface area contributed by atoms with Crippen molar-refractivity contribution in [3.05, 3.63) is 45.1 Å². The molecule has 1 aliphatic rings. The first-order valence-corrected chi connectivity index (χ1v) is 16.7. The summed E-state index contributed by atoms with van der Waals surface area (Å²) in [5, 5.41) is 25.3. The van der Waals surface area contributed by atoms with Gasteiger partial charge in [-0.05, 0) is 50.3 Å². The number of nitrogens with one attached hydrogen (secondary N) is 1. The molecule has 0 spiro atoms. The topological polar surface area (TPSA) is 114 Å². The predicted octanol–water partition coefficient (Wildman–Crippen LogP) is 5.99. The van der Waals surface area contributed by atoms with E-state index in [0.717, 1.165) is 19.3 Å². The largest absolute Gasteiger partial charge is 0.478 e. The number of thioether (sulfide) groups is 2. The lowest BCUT2D eigenvalue weighted by Crippen LogP contribution is -2.33. The predicted molar refractivity (Wildman–Crippen MR) is 148 cm³/mol. The molecule has 1 aromatic rings. The lowest BCUT2D eigenvalue weighted by Gasteiger charge is -2.32. The fourth-order valence-corrected chi connectivity index (χ4v) is 6.81. The summed E-state index contributed by atoms with van der Waals surface area (Å²) in [6.45, 7) is 12.6. The highest BCUT2D eigenvalue weighted by molar-refractivity contribution is 8.13. The smallest absolute Gasteiger partial charge is 0.335 e. The number of nitro groups is 1. The van der Waals surface area contributed by atoms with Crippen molar-refractivity contribution in [3.8, 4) is 0 Å². The molecular formula is C24H37N3O5S2Si. The molecule has 2 unspecified atom stereocenters. The molecule has 2 rings (SSSR count). The minimum Gasteiger partial charge on any atom is -0.478 e. The number of hydrogen-bond donors (Lipinski definition) is 2. The minimum atomic E-state index is -1.16. The van der Waals surface area contributed by atoms with Crippen LogP contribution in [0, 0.1) is 15.5 Å². The van der Waals surface area contributed by atoms with Crippen molar-refractivity contribution in [2.45, 2.75) is 77.1 Å². The third kappa shape index (κ3) is 8.09.